The third-order valence-corrected chi connectivity index (χ3v) is 4.15. The van der Waals surface area contributed by atoms with E-state index in [2.05, 4.69) is 5.32 Å². The van der Waals surface area contributed by atoms with E-state index in [1.807, 2.05) is 0 Å². The van der Waals surface area contributed by atoms with Crippen LogP contribution in [0.1, 0.15) is 39.0 Å². The highest BCUT2D eigenvalue weighted by Gasteiger charge is 2.54. The number of rotatable bonds is 5. The standard InChI is InChI=1S/C13H20N2O4/c1-8(12(14)18)4-5-11(17)15-13-6-2-3-10(13)19-7-9(13)16/h8,10H,2-7H2,1H3,(H2,14,18)(H,15,17)/t8?,10-,13?/m0/s1. The van der Waals surface area contributed by atoms with Crippen LogP contribution < -0.4 is 11.1 Å². The van der Waals surface area contributed by atoms with Crippen molar-refractivity contribution in [3.63, 3.8) is 0 Å². The molecule has 1 saturated carbocycles. The summed E-state index contributed by atoms with van der Waals surface area (Å²) in [5.41, 5.74) is 4.33. The van der Waals surface area contributed by atoms with E-state index in [0.717, 1.165) is 12.8 Å². The molecule has 0 aromatic rings. The van der Waals surface area contributed by atoms with Gasteiger partial charge in [0, 0.05) is 12.3 Å². The fraction of sp³-hybridized carbons (Fsp3) is 0.769. The lowest BCUT2D eigenvalue weighted by Gasteiger charge is -2.27. The number of carbonyl (C=O) groups excluding carboxylic acids is 3. The van der Waals surface area contributed by atoms with Crippen molar-refractivity contribution in [1.29, 1.82) is 0 Å². The summed E-state index contributed by atoms with van der Waals surface area (Å²) in [6.45, 7) is 1.78. The Balaban J connectivity index is 1.91. The van der Waals surface area contributed by atoms with Crippen LogP contribution in [0, 0.1) is 5.92 Å². The SMILES string of the molecule is CC(CCC(=O)NC12CCC[C@@H]1OCC2=O)C(N)=O. The van der Waals surface area contributed by atoms with Crippen LogP contribution in [0.15, 0.2) is 0 Å². The smallest absolute Gasteiger partial charge is 0.220 e. The van der Waals surface area contributed by atoms with Crippen molar-refractivity contribution >= 4 is 17.6 Å². The number of nitrogens with two attached hydrogens (primary N) is 1. The summed E-state index contributed by atoms with van der Waals surface area (Å²) < 4.78 is 5.42. The first-order chi connectivity index (χ1) is 8.95. The van der Waals surface area contributed by atoms with Gasteiger partial charge in [-0.05, 0) is 25.7 Å². The Morgan fingerprint density at radius 2 is 2.32 bits per heavy atom. The number of primary amides is 1. The second-order valence-electron chi connectivity index (χ2n) is 5.48. The molecule has 19 heavy (non-hydrogen) atoms. The number of amides is 2. The lowest BCUT2D eigenvalue weighted by molar-refractivity contribution is -0.130. The zero-order valence-corrected chi connectivity index (χ0v) is 11.1. The van der Waals surface area contributed by atoms with E-state index in [1.54, 1.807) is 6.92 Å². The van der Waals surface area contributed by atoms with Crippen molar-refractivity contribution in [3.05, 3.63) is 0 Å². The second-order valence-corrected chi connectivity index (χ2v) is 5.48. The van der Waals surface area contributed by atoms with Crippen LogP contribution >= 0.6 is 0 Å². The van der Waals surface area contributed by atoms with E-state index < -0.39 is 11.4 Å². The molecule has 2 unspecified atom stereocenters. The monoisotopic (exact) mass is 268 g/mol. The number of ketones is 1. The van der Waals surface area contributed by atoms with E-state index in [1.165, 1.54) is 0 Å². The quantitative estimate of drug-likeness (QED) is 0.727. The van der Waals surface area contributed by atoms with Crippen LogP contribution in [-0.2, 0) is 19.1 Å². The molecule has 3 atom stereocenters. The average molecular weight is 268 g/mol. The minimum absolute atomic E-state index is 0.0358. The van der Waals surface area contributed by atoms with Gasteiger partial charge in [-0.2, -0.15) is 0 Å². The molecule has 2 rings (SSSR count). The Morgan fingerprint density at radius 1 is 1.58 bits per heavy atom. The fourth-order valence-electron chi connectivity index (χ4n) is 2.84. The van der Waals surface area contributed by atoms with Crippen molar-refractivity contribution in [2.24, 2.45) is 11.7 Å². The Bertz CT molecular complexity index is 409. The topological polar surface area (TPSA) is 98.5 Å². The fourth-order valence-corrected chi connectivity index (χ4v) is 2.84. The van der Waals surface area contributed by atoms with Crippen molar-refractivity contribution in [1.82, 2.24) is 5.32 Å². The molecule has 106 valence electrons. The summed E-state index contributed by atoms with van der Waals surface area (Å²) >= 11 is 0. The van der Waals surface area contributed by atoms with Crippen molar-refractivity contribution < 1.29 is 19.1 Å². The van der Waals surface area contributed by atoms with E-state index in [0.29, 0.717) is 12.8 Å². The number of fused-ring (bicyclic) bond motifs is 1. The molecule has 3 N–H and O–H groups in total. The first-order valence-electron chi connectivity index (χ1n) is 6.71. The van der Waals surface area contributed by atoms with Gasteiger partial charge in [0.25, 0.3) is 0 Å². The van der Waals surface area contributed by atoms with E-state index in [4.69, 9.17) is 10.5 Å². The van der Waals surface area contributed by atoms with Gasteiger partial charge in [-0.3, -0.25) is 14.4 Å². The van der Waals surface area contributed by atoms with Crippen LogP contribution in [0.25, 0.3) is 0 Å². The number of hydrogen-bond acceptors (Lipinski definition) is 4. The summed E-state index contributed by atoms with van der Waals surface area (Å²) in [6.07, 6.45) is 2.76. The van der Waals surface area contributed by atoms with Gasteiger partial charge in [0.2, 0.25) is 11.8 Å². The largest absolute Gasteiger partial charge is 0.369 e. The molecule has 0 aromatic carbocycles. The molecule has 1 heterocycles. The molecule has 1 aliphatic heterocycles. The highest BCUT2D eigenvalue weighted by Crippen LogP contribution is 2.37. The molecule has 2 fully saturated rings. The van der Waals surface area contributed by atoms with Crippen LogP contribution in [0.2, 0.25) is 0 Å². The van der Waals surface area contributed by atoms with Crippen LogP contribution in [0.3, 0.4) is 0 Å². The second kappa shape index (κ2) is 5.28. The summed E-state index contributed by atoms with van der Waals surface area (Å²) in [5, 5.41) is 2.83. The molecular formula is C13H20N2O4. The molecule has 0 radical (unpaired) electrons. The maximum Gasteiger partial charge on any atom is 0.220 e. The predicted octanol–water partition coefficient (Wildman–Crippen LogP) is -0.105. The van der Waals surface area contributed by atoms with Gasteiger partial charge in [0.05, 0.1) is 6.10 Å². The molecule has 1 saturated heterocycles. The molecule has 2 amide bonds. The van der Waals surface area contributed by atoms with E-state index in [9.17, 15) is 14.4 Å². The predicted molar refractivity (Wildman–Crippen MR) is 67.1 cm³/mol. The summed E-state index contributed by atoms with van der Waals surface area (Å²) in [6, 6.07) is 0. The lowest BCUT2D eigenvalue weighted by Crippen LogP contribution is -2.56. The molecular weight excluding hydrogens is 248 g/mol. The number of ether oxygens (including phenoxy) is 1. The highest BCUT2D eigenvalue weighted by molar-refractivity contribution is 5.96. The van der Waals surface area contributed by atoms with Gasteiger partial charge in [0.1, 0.15) is 12.1 Å². The van der Waals surface area contributed by atoms with Gasteiger partial charge in [-0.25, -0.2) is 0 Å². The van der Waals surface area contributed by atoms with Gasteiger partial charge in [0.15, 0.2) is 5.78 Å². The van der Waals surface area contributed by atoms with Crippen LogP contribution in [-0.4, -0.2) is 35.8 Å². The molecule has 6 heteroatoms. The average Bonchev–Trinajstić information content (AvgIpc) is 2.87. The molecule has 6 nitrogen and oxygen atoms in total. The third-order valence-electron chi connectivity index (χ3n) is 4.15. The highest BCUT2D eigenvalue weighted by atomic mass is 16.5. The van der Waals surface area contributed by atoms with Crippen molar-refractivity contribution in [2.45, 2.75) is 50.7 Å². The summed E-state index contributed by atoms with van der Waals surface area (Å²) in [7, 11) is 0. The van der Waals surface area contributed by atoms with E-state index >= 15 is 0 Å². The molecule has 0 spiro atoms. The Morgan fingerprint density at radius 3 is 3.00 bits per heavy atom. The van der Waals surface area contributed by atoms with Gasteiger partial charge >= 0.3 is 0 Å². The van der Waals surface area contributed by atoms with Crippen molar-refractivity contribution in [3.8, 4) is 0 Å². The zero-order chi connectivity index (χ0) is 14.0. The first kappa shape index (κ1) is 14.0. The summed E-state index contributed by atoms with van der Waals surface area (Å²) in [4.78, 5) is 34.8. The Hall–Kier alpha value is -1.43. The molecule has 0 bridgehead atoms. The normalized spacial score (nSPS) is 31.0. The number of hydrogen-bond donors (Lipinski definition) is 2. The summed E-state index contributed by atoms with van der Waals surface area (Å²) in [5.74, 6) is -0.992. The van der Waals surface area contributed by atoms with E-state index in [-0.39, 0.29) is 36.7 Å². The van der Waals surface area contributed by atoms with Gasteiger partial charge in [-0.15, -0.1) is 0 Å². The number of nitrogens with one attached hydrogen (secondary N) is 1. The molecule has 2 aliphatic rings. The lowest BCUT2D eigenvalue weighted by atomic mass is 9.91. The maximum absolute atomic E-state index is 11.9. The third kappa shape index (κ3) is 2.63. The number of carbonyl (C=O) groups is 3. The van der Waals surface area contributed by atoms with Crippen LogP contribution in [0.4, 0.5) is 0 Å². The van der Waals surface area contributed by atoms with Gasteiger partial charge in [-0.1, -0.05) is 6.92 Å². The zero-order valence-electron chi connectivity index (χ0n) is 11.1. The Labute approximate surface area is 112 Å². The number of Topliss-reactive ketones (excluding diaryl/α,β-unsaturated/α-hetero) is 1. The minimum atomic E-state index is -0.812. The van der Waals surface area contributed by atoms with Gasteiger partial charge < -0.3 is 15.8 Å². The molecule has 0 aromatic heterocycles. The Kier molecular flexibility index (Phi) is 3.89. The maximum atomic E-state index is 11.9. The first-order valence-corrected chi connectivity index (χ1v) is 6.71. The van der Waals surface area contributed by atoms with Crippen molar-refractivity contribution in [2.75, 3.05) is 6.61 Å². The van der Waals surface area contributed by atoms with Crippen LogP contribution in [0.5, 0.6) is 0 Å². The molecule has 1 aliphatic carbocycles. The minimum Gasteiger partial charge on any atom is -0.369 e.